The molecule has 0 radical (unpaired) electrons. The molecule has 1 aromatic heterocycles. The minimum Gasteiger partial charge on any atom is -0.465 e. The van der Waals surface area contributed by atoms with E-state index in [1.165, 1.54) is 23.9 Å². The third kappa shape index (κ3) is 4.43. The number of carbonyl (C=O) groups is 1. The molecular formula is C16H18F3N3O3. The van der Waals surface area contributed by atoms with Crippen molar-refractivity contribution in [1.29, 1.82) is 0 Å². The number of carboxylic acid groups (broad SMARTS) is 1. The van der Waals surface area contributed by atoms with Crippen LogP contribution in [-0.2, 0) is 5.41 Å². The zero-order valence-electron chi connectivity index (χ0n) is 14.1. The van der Waals surface area contributed by atoms with Gasteiger partial charge in [-0.3, -0.25) is 4.90 Å². The number of benzene rings is 1. The standard InChI is InChI=1S/C16H18F3N3O3/c1-15(2,3)12-9-13(21(4)14(23)24)22(20-12)10-6-5-7-11(8-10)25-16(17,18)19/h5-9H,1-4H3,(H,23,24). The molecule has 0 aliphatic rings. The maximum atomic E-state index is 12.4. The fourth-order valence-electron chi connectivity index (χ4n) is 2.08. The highest BCUT2D eigenvalue weighted by atomic mass is 19.4. The molecular weight excluding hydrogens is 339 g/mol. The first-order valence-corrected chi connectivity index (χ1v) is 7.32. The summed E-state index contributed by atoms with van der Waals surface area (Å²) in [6.07, 6.45) is -6.04. The van der Waals surface area contributed by atoms with Crippen molar-refractivity contribution in [3.05, 3.63) is 36.0 Å². The number of aromatic nitrogens is 2. The van der Waals surface area contributed by atoms with Gasteiger partial charge >= 0.3 is 12.5 Å². The van der Waals surface area contributed by atoms with Crippen LogP contribution in [0.5, 0.6) is 5.75 Å². The number of hydrogen-bond donors (Lipinski definition) is 1. The predicted octanol–water partition coefficient (Wildman–Crippen LogP) is 4.18. The van der Waals surface area contributed by atoms with Crippen LogP contribution in [0.2, 0.25) is 0 Å². The van der Waals surface area contributed by atoms with Crippen molar-refractivity contribution in [1.82, 2.24) is 9.78 Å². The minimum absolute atomic E-state index is 0.210. The second-order valence-corrected chi connectivity index (χ2v) is 6.44. The van der Waals surface area contributed by atoms with Crippen LogP contribution < -0.4 is 9.64 Å². The number of anilines is 1. The SMILES string of the molecule is CN(C(=O)O)c1cc(C(C)(C)C)nn1-c1cccc(OC(F)(F)F)c1. The summed E-state index contributed by atoms with van der Waals surface area (Å²) in [7, 11) is 1.33. The number of amides is 1. The van der Waals surface area contributed by atoms with Crippen LogP contribution in [0.1, 0.15) is 26.5 Å². The fourth-order valence-corrected chi connectivity index (χ4v) is 2.08. The highest BCUT2D eigenvalue weighted by Crippen LogP contribution is 2.30. The first-order valence-electron chi connectivity index (χ1n) is 7.32. The topological polar surface area (TPSA) is 67.6 Å². The van der Waals surface area contributed by atoms with E-state index in [-0.39, 0.29) is 16.9 Å². The molecule has 6 nitrogen and oxygen atoms in total. The molecule has 0 aliphatic carbocycles. The molecule has 0 aliphatic heterocycles. The molecule has 2 aromatic rings. The monoisotopic (exact) mass is 357 g/mol. The van der Waals surface area contributed by atoms with E-state index in [1.54, 1.807) is 6.07 Å². The minimum atomic E-state index is -4.82. The van der Waals surface area contributed by atoms with Gasteiger partial charge in [-0.25, -0.2) is 9.48 Å². The van der Waals surface area contributed by atoms with Crippen LogP contribution in [0, 0.1) is 0 Å². The summed E-state index contributed by atoms with van der Waals surface area (Å²) in [5, 5.41) is 13.6. The Morgan fingerprint density at radius 3 is 2.40 bits per heavy atom. The lowest BCUT2D eigenvalue weighted by Crippen LogP contribution is -2.26. The Labute approximate surface area is 142 Å². The van der Waals surface area contributed by atoms with Gasteiger partial charge in [-0.05, 0) is 12.1 Å². The van der Waals surface area contributed by atoms with E-state index >= 15 is 0 Å². The average molecular weight is 357 g/mol. The molecule has 0 saturated heterocycles. The molecule has 0 spiro atoms. The molecule has 25 heavy (non-hydrogen) atoms. The average Bonchev–Trinajstić information content (AvgIpc) is 2.89. The lowest BCUT2D eigenvalue weighted by atomic mass is 9.92. The lowest BCUT2D eigenvalue weighted by molar-refractivity contribution is -0.274. The molecule has 2 rings (SSSR count). The largest absolute Gasteiger partial charge is 0.573 e. The van der Waals surface area contributed by atoms with Crippen molar-refractivity contribution < 1.29 is 27.8 Å². The van der Waals surface area contributed by atoms with E-state index in [0.717, 1.165) is 17.0 Å². The Kier molecular flexibility index (Phi) is 4.70. The van der Waals surface area contributed by atoms with Crippen LogP contribution in [-0.4, -0.2) is 34.4 Å². The van der Waals surface area contributed by atoms with Crippen LogP contribution >= 0.6 is 0 Å². The second kappa shape index (κ2) is 6.30. The molecule has 0 bridgehead atoms. The van der Waals surface area contributed by atoms with E-state index in [1.807, 2.05) is 20.8 Å². The molecule has 1 aromatic carbocycles. The van der Waals surface area contributed by atoms with Crippen molar-refractivity contribution in [2.45, 2.75) is 32.5 Å². The van der Waals surface area contributed by atoms with Gasteiger partial charge in [0.15, 0.2) is 0 Å². The van der Waals surface area contributed by atoms with Crippen molar-refractivity contribution in [3.63, 3.8) is 0 Å². The van der Waals surface area contributed by atoms with Gasteiger partial charge in [0, 0.05) is 24.6 Å². The van der Waals surface area contributed by atoms with Crippen LogP contribution in [0.4, 0.5) is 23.8 Å². The molecule has 1 heterocycles. The van der Waals surface area contributed by atoms with Gasteiger partial charge in [-0.15, -0.1) is 13.2 Å². The second-order valence-electron chi connectivity index (χ2n) is 6.44. The van der Waals surface area contributed by atoms with Crippen molar-refractivity contribution >= 4 is 11.9 Å². The van der Waals surface area contributed by atoms with Crippen molar-refractivity contribution in [2.24, 2.45) is 0 Å². The van der Waals surface area contributed by atoms with Gasteiger partial charge in [-0.1, -0.05) is 26.8 Å². The van der Waals surface area contributed by atoms with E-state index in [0.29, 0.717) is 5.69 Å². The normalized spacial score (nSPS) is 12.1. The van der Waals surface area contributed by atoms with Crippen molar-refractivity contribution in [2.75, 3.05) is 11.9 Å². The molecule has 0 atom stereocenters. The quantitative estimate of drug-likeness (QED) is 0.895. The van der Waals surface area contributed by atoms with Gasteiger partial charge < -0.3 is 9.84 Å². The van der Waals surface area contributed by atoms with Crippen LogP contribution in [0.3, 0.4) is 0 Å². The summed E-state index contributed by atoms with van der Waals surface area (Å²) in [4.78, 5) is 12.3. The highest BCUT2D eigenvalue weighted by molar-refractivity contribution is 5.84. The third-order valence-electron chi connectivity index (χ3n) is 3.39. The molecule has 1 N–H and O–H groups in total. The summed E-state index contributed by atoms with van der Waals surface area (Å²) in [5.74, 6) is -0.205. The van der Waals surface area contributed by atoms with Gasteiger partial charge in [0.25, 0.3) is 0 Å². The van der Waals surface area contributed by atoms with E-state index in [9.17, 15) is 23.1 Å². The summed E-state index contributed by atoms with van der Waals surface area (Å²) in [6, 6.07) is 6.78. The molecule has 9 heteroatoms. The fraction of sp³-hybridized carbons (Fsp3) is 0.375. The third-order valence-corrected chi connectivity index (χ3v) is 3.39. The summed E-state index contributed by atoms with van der Waals surface area (Å²) >= 11 is 0. The Morgan fingerprint density at radius 1 is 1.24 bits per heavy atom. The van der Waals surface area contributed by atoms with E-state index in [2.05, 4.69) is 9.84 Å². The molecule has 136 valence electrons. The van der Waals surface area contributed by atoms with Gasteiger partial charge in [0.1, 0.15) is 11.6 Å². The number of rotatable bonds is 3. The number of ether oxygens (including phenoxy) is 1. The predicted molar refractivity (Wildman–Crippen MR) is 85.4 cm³/mol. The number of nitrogens with zero attached hydrogens (tertiary/aromatic N) is 3. The Balaban J connectivity index is 2.56. The Morgan fingerprint density at radius 2 is 1.88 bits per heavy atom. The zero-order chi connectivity index (χ0) is 19.0. The molecule has 1 amide bonds. The van der Waals surface area contributed by atoms with Crippen molar-refractivity contribution in [3.8, 4) is 11.4 Å². The van der Waals surface area contributed by atoms with Crippen LogP contribution in [0.15, 0.2) is 30.3 Å². The number of halogens is 3. The molecule has 0 saturated carbocycles. The summed E-state index contributed by atoms with van der Waals surface area (Å²) in [6.45, 7) is 5.69. The number of alkyl halides is 3. The van der Waals surface area contributed by atoms with Gasteiger partial charge in [0.2, 0.25) is 0 Å². The maximum Gasteiger partial charge on any atom is 0.573 e. The summed E-state index contributed by atoms with van der Waals surface area (Å²) < 4.78 is 42.4. The van der Waals surface area contributed by atoms with Gasteiger partial charge in [0.05, 0.1) is 11.4 Å². The highest BCUT2D eigenvalue weighted by Gasteiger charge is 2.31. The van der Waals surface area contributed by atoms with E-state index in [4.69, 9.17) is 0 Å². The zero-order valence-corrected chi connectivity index (χ0v) is 14.1. The molecule has 0 fully saturated rings. The van der Waals surface area contributed by atoms with Gasteiger partial charge in [-0.2, -0.15) is 5.10 Å². The van der Waals surface area contributed by atoms with Crippen LogP contribution in [0.25, 0.3) is 5.69 Å². The Hall–Kier alpha value is -2.71. The maximum absolute atomic E-state index is 12.4. The first kappa shape index (κ1) is 18.6. The lowest BCUT2D eigenvalue weighted by Gasteiger charge is -2.16. The first-order chi connectivity index (χ1) is 11.4. The number of hydrogen-bond acceptors (Lipinski definition) is 3. The smallest absolute Gasteiger partial charge is 0.465 e. The molecule has 0 unspecified atom stereocenters. The Bertz CT molecular complexity index is 779. The van der Waals surface area contributed by atoms with E-state index < -0.39 is 18.2 Å². The summed E-state index contributed by atoms with van der Waals surface area (Å²) in [5.41, 5.74) is 0.470.